The molecule has 0 aliphatic rings. The van der Waals surface area contributed by atoms with Crippen LogP contribution in [0.5, 0.6) is 11.5 Å². The number of Topliss-reactive ketones (excluding diaryl/α,β-unsaturated/α-hetero) is 1. The number of ketones is 1. The van der Waals surface area contributed by atoms with Gasteiger partial charge in [0.05, 0.1) is 24.6 Å². The summed E-state index contributed by atoms with van der Waals surface area (Å²) >= 11 is 0. The lowest BCUT2D eigenvalue weighted by molar-refractivity contribution is -0.386. The Morgan fingerprint density at radius 1 is 1.18 bits per heavy atom. The summed E-state index contributed by atoms with van der Waals surface area (Å²) in [6.07, 6.45) is -0.587. The van der Waals surface area contributed by atoms with E-state index in [1.807, 2.05) is 0 Å². The van der Waals surface area contributed by atoms with Gasteiger partial charge in [-0.05, 0) is 19.9 Å². The smallest absolute Gasteiger partial charge is 0.315 e. The van der Waals surface area contributed by atoms with Crippen molar-refractivity contribution in [2.75, 3.05) is 13.2 Å². The quantitative estimate of drug-likeness (QED) is 0.423. The van der Waals surface area contributed by atoms with Gasteiger partial charge in [0.2, 0.25) is 5.75 Å². The molecule has 1 N–H and O–H groups in total. The highest BCUT2D eigenvalue weighted by molar-refractivity contribution is 5.98. The molecule has 0 amide bonds. The number of nitro groups is 1. The monoisotopic (exact) mass is 311 g/mol. The predicted molar refractivity (Wildman–Crippen MR) is 76.6 cm³/mol. The molecule has 8 nitrogen and oxygen atoms in total. The molecule has 1 aromatic carbocycles. The summed E-state index contributed by atoms with van der Waals surface area (Å²) in [6, 6.07) is 2.42. The third kappa shape index (κ3) is 4.44. The van der Waals surface area contributed by atoms with Crippen LogP contribution in [0.3, 0.4) is 0 Å². The molecular formula is C14H17NO7. The predicted octanol–water partition coefficient (Wildman–Crippen LogP) is 2.44. The average molecular weight is 311 g/mol. The Morgan fingerprint density at radius 3 is 2.32 bits per heavy atom. The van der Waals surface area contributed by atoms with Crippen LogP contribution < -0.4 is 9.47 Å². The number of carboxylic acid groups (broad SMARTS) is 1. The zero-order chi connectivity index (χ0) is 16.7. The van der Waals surface area contributed by atoms with E-state index in [9.17, 15) is 19.7 Å². The fraction of sp³-hybridized carbons (Fsp3) is 0.429. The van der Waals surface area contributed by atoms with Gasteiger partial charge < -0.3 is 14.6 Å². The van der Waals surface area contributed by atoms with Crippen molar-refractivity contribution >= 4 is 17.4 Å². The molecule has 1 aromatic rings. The number of carboxylic acids is 1. The molecule has 120 valence electrons. The molecule has 0 bridgehead atoms. The Balaban J connectivity index is 3.26. The zero-order valence-electron chi connectivity index (χ0n) is 12.3. The Kier molecular flexibility index (Phi) is 6.30. The SMILES string of the molecule is CCOc1cc(C(=O)CCC(=O)O)cc([N+](=O)[O-])c1OCC. The van der Waals surface area contributed by atoms with Crippen LogP contribution in [0, 0.1) is 10.1 Å². The molecule has 0 aliphatic heterocycles. The topological polar surface area (TPSA) is 116 Å². The van der Waals surface area contributed by atoms with E-state index in [1.165, 1.54) is 6.07 Å². The van der Waals surface area contributed by atoms with Gasteiger partial charge in [0, 0.05) is 18.1 Å². The molecule has 22 heavy (non-hydrogen) atoms. The number of benzene rings is 1. The Hall–Kier alpha value is -2.64. The lowest BCUT2D eigenvalue weighted by atomic mass is 10.0. The Morgan fingerprint density at radius 2 is 1.82 bits per heavy atom. The van der Waals surface area contributed by atoms with Crippen molar-refractivity contribution in [2.24, 2.45) is 0 Å². The van der Waals surface area contributed by atoms with Crippen molar-refractivity contribution in [1.82, 2.24) is 0 Å². The van der Waals surface area contributed by atoms with Crippen molar-refractivity contribution in [3.63, 3.8) is 0 Å². The molecule has 0 unspecified atom stereocenters. The first kappa shape index (κ1) is 17.4. The highest BCUT2D eigenvalue weighted by Crippen LogP contribution is 2.38. The van der Waals surface area contributed by atoms with Gasteiger partial charge in [0.1, 0.15) is 0 Å². The summed E-state index contributed by atoms with van der Waals surface area (Å²) in [7, 11) is 0. The van der Waals surface area contributed by atoms with Crippen LogP contribution in [0.25, 0.3) is 0 Å². The molecule has 0 radical (unpaired) electrons. The van der Waals surface area contributed by atoms with Crippen LogP contribution in [0.15, 0.2) is 12.1 Å². The average Bonchev–Trinajstić information content (AvgIpc) is 2.46. The summed E-state index contributed by atoms with van der Waals surface area (Å²) < 4.78 is 10.5. The van der Waals surface area contributed by atoms with Gasteiger partial charge in [-0.15, -0.1) is 0 Å². The number of nitro benzene ring substituents is 1. The molecule has 8 heteroatoms. The second-order valence-corrected chi connectivity index (χ2v) is 4.26. The summed E-state index contributed by atoms with van der Waals surface area (Å²) in [5.41, 5.74) is -0.355. The molecule has 0 atom stereocenters. The van der Waals surface area contributed by atoms with E-state index in [-0.39, 0.29) is 48.8 Å². The van der Waals surface area contributed by atoms with E-state index in [0.29, 0.717) is 0 Å². The molecule has 0 saturated heterocycles. The lowest BCUT2D eigenvalue weighted by Gasteiger charge is -2.12. The van der Waals surface area contributed by atoms with Crippen molar-refractivity contribution in [3.05, 3.63) is 27.8 Å². The van der Waals surface area contributed by atoms with E-state index >= 15 is 0 Å². The van der Waals surface area contributed by atoms with E-state index in [4.69, 9.17) is 14.6 Å². The lowest BCUT2D eigenvalue weighted by Crippen LogP contribution is -2.07. The molecule has 0 heterocycles. The standard InChI is InChI=1S/C14H17NO7/c1-3-21-12-8-9(11(16)5-6-13(17)18)7-10(15(19)20)14(12)22-4-2/h7-8H,3-6H2,1-2H3,(H,17,18). The number of hydrogen-bond acceptors (Lipinski definition) is 6. The van der Waals surface area contributed by atoms with Crippen LogP contribution in [0.1, 0.15) is 37.0 Å². The Labute approximate surface area is 126 Å². The molecule has 0 spiro atoms. The van der Waals surface area contributed by atoms with Crippen LogP contribution in [0.4, 0.5) is 5.69 Å². The fourth-order valence-electron chi connectivity index (χ4n) is 1.80. The highest BCUT2D eigenvalue weighted by atomic mass is 16.6. The minimum atomic E-state index is -1.11. The van der Waals surface area contributed by atoms with Gasteiger partial charge in [0.25, 0.3) is 0 Å². The number of carbonyl (C=O) groups is 2. The zero-order valence-corrected chi connectivity index (χ0v) is 12.3. The molecule has 0 aromatic heterocycles. The summed E-state index contributed by atoms with van der Waals surface area (Å²) in [5, 5.41) is 19.8. The van der Waals surface area contributed by atoms with Gasteiger partial charge in [-0.25, -0.2) is 0 Å². The van der Waals surface area contributed by atoms with Crippen LogP contribution in [-0.4, -0.2) is 35.0 Å². The van der Waals surface area contributed by atoms with Gasteiger partial charge in [0.15, 0.2) is 11.5 Å². The van der Waals surface area contributed by atoms with E-state index in [0.717, 1.165) is 6.07 Å². The van der Waals surface area contributed by atoms with Gasteiger partial charge in [-0.2, -0.15) is 0 Å². The van der Waals surface area contributed by atoms with Gasteiger partial charge >= 0.3 is 11.7 Å². The number of hydrogen-bond donors (Lipinski definition) is 1. The first-order valence-electron chi connectivity index (χ1n) is 6.73. The van der Waals surface area contributed by atoms with E-state index in [2.05, 4.69) is 0 Å². The highest BCUT2D eigenvalue weighted by Gasteiger charge is 2.24. The molecule has 1 rings (SSSR count). The first-order chi connectivity index (χ1) is 10.4. The minimum absolute atomic E-state index is 0.0276. The number of carbonyl (C=O) groups excluding carboxylic acids is 1. The third-order valence-corrected chi connectivity index (χ3v) is 2.71. The third-order valence-electron chi connectivity index (χ3n) is 2.71. The van der Waals surface area contributed by atoms with Crippen molar-refractivity contribution in [2.45, 2.75) is 26.7 Å². The second-order valence-electron chi connectivity index (χ2n) is 4.26. The normalized spacial score (nSPS) is 10.1. The number of ether oxygens (including phenoxy) is 2. The van der Waals surface area contributed by atoms with Crippen LogP contribution >= 0.6 is 0 Å². The van der Waals surface area contributed by atoms with Gasteiger partial charge in [-0.1, -0.05) is 0 Å². The maximum atomic E-state index is 12.0. The summed E-state index contributed by atoms with van der Waals surface area (Å²) in [6.45, 7) is 3.81. The summed E-state index contributed by atoms with van der Waals surface area (Å²) in [4.78, 5) is 33.0. The Bertz CT molecular complexity index is 583. The number of rotatable bonds is 9. The number of aliphatic carboxylic acids is 1. The molecular weight excluding hydrogens is 294 g/mol. The van der Waals surface area contributed by atoms with Crippen LogP contribution in [0.2, 0.25) is 0 Å². The van der Waals surface area contributed by atoms with Gasteiger partial charge in [-0.3, -0.25) is 19.7 Å². The summed E-state index contributed by atoms with van der Waals surface area (Å²) in [5.74, 6) is -1.56. The molecule has 0 fully saturated rings. The fourth-order valence-corrected chi connectivity index (χ4v) is 1.80. The number of nitrogens with zero attached hydrogens (tertiary/aromatic N) is 1. The van der Waals surface area contributed by atoms with E-state index < -0.39 is 16.7 Å². The first-order valence-corrected chi connectivity index (χ1v) is 6.73. The van der Waals surface area contributed by atoms with Crippen molar-refractivity contribution in [3.8, 4) is 11.5 Å². The second kappa shape index (κ2) is 7.96. The minimum Gasteiger partial charge on any atom is -0.490 e. The maximum absolute atomic E-state index is 12.0. The van der Waals surface area contributed by atoms with Crippen molar-refractivity contribution in [1.29, 1.82) is 0 Å². The van der Waals surface area contributed by atoms with Crippen molar-refractivity contribution < 1.29 is 29.1 Å². The molecule has 0 aliphatic carbocycles. The molecule has 0 saturated carbocycles. The maximum Gasteiger partial charge on any atom is 0.315 e. The van der Waals surface area contributed by atoms with Crippen LogP contribution in [-0.2, 0) is 4.79 Å². The largest absolute Gasteiger partial charge is 0.490 e. The van der Waals surface area contributed by atoms with E-state index in [1.54, 1.807) is 13.8 Å².